The molecule has 0 aromatic rings. The van der Waals surface area contributed by atoms with Crippen molar-refractivity contribution >= 4 is 0 Å². The van der Waals surface area contributed by atoms with Crippen LogP contribution in [0.1, 0.15) is 46.5 Å². The predicted molar refractivity (Wildman–Crippen MR) is 53.7 cm³/mol. The highest BCUT2D eigenvalue weighted by Crippen LogP contribution is 2.28. The Morgan fingerprint density at radius 1 is 1.62 bits per heavy atom. The molecule has 0 amide bonds. The molecule has 0 saturated carbocycles. The Bertz CT molecular complexity index is 154. The fraction of sp³-hybridized carbons (Fsp3) is 1.00. The molecule has 1 N–H and O–H groups in total. The van der Waals surface area contributed by atoms with Gasteiger partial charge in [-0.3, -0.25) is 0 Å². The van der Waals surface area contributed by atoms with Gasteiger partial charge < -0.3 is 9.84 Å². The molecule has 1 aliphatic rings. The third kappa shape index (κ3) is 3.65. The van der Waals surface area contributed by atoms with Crippen molar-refractivity contribution in [2.75, 3.05) is 6.61 Å². The molecule has 1 saturated heterocycles. The Labute approximate surface area is 81.3 Å². The van der Waals surface area contributed by atoms with Gasteiger partial charge in [-0.2, -0.15) is 0 Å². The van der Waals surface area contributed by atoms with Crippen LogP contribution in [0.15, 0.2) is 0 Å². The number of hydrogen-bond acceptors (Lipinski definition) is 2. The van der Waals surface area contributed by atoms with Crippen molar-refractivity contribution in [3.05, 3.63) is 0 Å². The summed E-state index contributed by atoms with van der Waals surface area (Å²) in [4.78, 5) is 0. The molecule has 3 unspecified atom stereocenters. The van der Waals surface area contributed by atoms with Gasteiger partial charge in [-0.25, -0.2) is 0 Å². The van der Waals surface area contributed by atoms with Crippen LogP contribution in [-0.2, 0) is 4.74 Å². The van der Waals surface area contributed by atoms with Gasteiger partial charge >= 0.3 is 0 Å². The summed E-state index contributed by atoms with van der Waals surface area (Å²) in [6.07, 6.45) is 4.15. The summed E-state index contributed by atoms with van der Waals surface area (Å²) >= 11 is 0. The maximum Gasteiger partial charge on any atom is 0.0666 e. The Kier molecular flexibility index (Phi) is 3.74. The van der Waals surface area contributed by atoms with E-state index in [9.17, 15) is 5.11 Å². The SMILES string of the molecule is CCC(C)CC1CC(C)(O)CCO1. The molecular formula is C11H22O2. The van der Waals surface area contributed by atoms with E-state index in [1.807, 2.05) is 6.92 Å². The average Bonchev–Trinajstić information content (AvgIpc) is 2.02. The van der Waals surface area contributed by atoms with Crippen LogP contribution in [0.4, 0.5) is 0 Å². The fourth-order valence-corrected chi connectivity index (χ4v) is 1.86. The summed E-state index contributed by atoms with van der Waals surface area (Å²) in [7, 11) is 0. The number of aliphatic hydroxyl groups is 1. The van der Waals surface area contributed by atoms with E-state index in [2.05, 4.69) is 13.8 Å². The van der Waals surface area contributed by atoms with Crippen molar-refractivity contribution in [1.82, 2.24) is 0 Å². The van der Waals surface area contributed by atoms with E-state index in [-0.39, 0.29) is 6.10 Å². The average molecular weight is 186 g/mol. The molecule has 0 aromatic heterocycles. The van der Waals surface area contributed by atoms with Crippen LogP contribution < -0.4 is 0 Å². The third-order valence-corrected chi connectivity index (χ3v) is 3.02. The van der Waals surface area contributed by atoms with Gasteiger partial charge in [-0.1, -0.05) is 20.3 Å². The molecule has 1 fully saturated rings. The van der Waals surface area contributed by atoms with Gasteiger partial charge in [0, 0.05) is 13.0 Å². The van der Waals surface area contributed by atoms with E-state index in [1.165, 1.54) is 6.42 Å². The summed E-state index contributed by atoms with van der Waals surface area (Å²) in [6, 6.07) is 0. The molecule has 1 heterocycles. The summed E-state index contributed by atoms with van der Waals surface area (Å²) in [5, 5.41) is 9.85. The van der Waals surface area contributed by atoms with Gasteiger partial charge in [0.2, 0.25) is 0 Å². The van der Waals surface area contributed by atoms with Crippen LogP contribution in [0.2, 0.25) is 0 Å². The third-order valence-electron chi connectivity index (χ3n) is 3.02. The lowest BCUT2D eigenvalue weighted by Gasteiger charge is -2.35. The molecule has 0 radical (unpaired) electrons. The molecule has 0 aliphatic carbocycles. The fourth-order valence-electron chi connectivity index (χ4n) is 1.86. The molecule has 1 rings (SSSR count). The molecule has 3 atom stereocenters. The Morgan fingerprint density at radius 3 is 2.85 bits per heavy atom. The normalized spacial score (nSPS) is 37.4. The second-order valence-electron chi connectivity index (χ2n) is 4.69. The summed E-state index contributed by atoms with van der Waals surface area (Å²) in [5.41, 5.74) is -0.490. The molecule has 0 aromatic carbocycles. The van der Waals surface area contributed by atoms with E-state index in [4.69, 9.17) is 4.74 Å². The van der Waals surface area contributed by atoms with Crippen LogP contribution in [0.3, 0.4) is 0 Å². The molecule has 2 heteroatoms. The maximum atomic E-state index is 9.85. The van der Waals surface area contributed by atoms with Crippen LogP contribution in [0.5, 0.6) is 0 Å². The van der Waals surface area contributed by atoms with Crippen molar-refractivity contribution in [3.8, 4) is 0 Å². The van der Waals surface area contributed by atoms with Crippen molar-refractivity contribution in [3.63, 3.8) is 0 Å². The van der Waals surface area contributed by atoms with Crippen LogP contribution in [-0.4, -0.2) is 23.4 Å². The maximum absolute atomic E-state index is 9.85. The zero-order valence-corrected chi connectivity index (χ0v) is 9.05. The first-order valence-corrected chi connectivity index (χ1v) is 5.37. The van der Waals surface area contributed by atoms with Gasteiger partial charge in [0.15, 0.2) is 0 Å². The van der Waals surface area contributed by atoms with Crippen LogP contribution in [0, 0.1) is 5.92 Å². The lowest BCUT2D eigenvalue weighted by molar-refractivity contribution is -0.0991. The van der Waals surface area contributed by atoms with E-state index in [0.717, 1.165) is 19.3 Å². The standard InChI is InChI=1S/C11H22O2/c1-4-9(2)7-10-8-11(3,12)5-6-13-10/h9-10,12H,4-8H2,1-3H3. The Hall–Kier alpha value is -0.0800. The first-order chi connectivity index (χ1) is 6.03. The quantitative estimate of drug-likeness (QED) is 0.733. The zero-order chi connectivity index (χ0) is 9.90. The highest BCUT2D eigenvalue weighted by atomic mass is 16.5. The molecule has 2 nitrogen and oxygen atoms in total. The second-order valence-corrected chi connectivity index (χ2v) is 4.69. The molecule has 0 spiro atoms. The lowest BCUT2D eigenvalue weighted by Crippen LogP contribution is -2.38. The van der Waals surface area contributed by atoms with Gasteiger partial charge in [0.25, 0.3) is 0 Å². The topological polar surface area (TPSA) is 29.5 Å². The van der Waals surface area contributed by atoms with Crippen LogP contribution in [0.25, 0.3) is 0 Å². The molecule has 78 valence electrons. The highest BCUT2D eigenvalue weighted by Gasteiger charge is 2.30. The molecule has 1 aliphatic heterocycles. The lowest BCUT2D eigenvalue weighted by atomic mass is 9.88. The van der Waals surface area contributed by atoms with Gasteiger partial charge in [-0.05, 0) is 25.7 Å². The van der Waals surface area contributed by atoms with E-state index < -0.39 is 5.60 Å². The second kappa shape index (κ2) is 4.43. The smallest absolute Gasteiger partial charge is 0.0666 e. The van der Waals surface area contributed by atoms with Crippen molar-refractivity contribution in [1.29, 1.82) is 0 Å². The minimum absolute atomic E-state index is 0.277. The monoisotopic (exact) mass is 186 g/mol. The summed E-state index contributed by atoms with van der Waals surface area (Å²) in [6.45, 7) is 7.07. The number of hydrogen-bond donors (Lipinski definition) is 1. The number of rotatable bonds is 3. The summed E-state index contributed by atoms with van der Waals surface area (Å²) < 4.78 is 5.63. The van der Waals surface area contributed by atoms with E-state index in [0.29, 0.717) is 12.5 Å². The van der Waals surface area contributed by atoms with Crippen molar-refractivity contribution in [2.24, 2.45) is 5.92 Å². The zero-order valence-electron chi connectivity index (χ0n) is 9.05. The van der Waals surface area contributed by atoms with Gasteiger partial charge in [0.05, 0.1) is 11.7 Å². The molecule has 13 heavy (non-hydrogen) atoms. The largest absolute Gasteiger partial charge is 0.390 e. The van der Waals surface area contributed by atoms with E-state index in [1.54, 1.807) is 0 Å². The number of ether oxygens (including phenoxy) is 1. The highest BCUT2D eigenvalue weighted by molar-refractivity contribution is 4.82. The first-order valence-electron chi connectivity index (χ1n) is 5.37. The molecular weight excluding hydrogens is 164 g/mol. The molecule has 0 bridgehead atoms. The minimum atomic E-state index is -0.490. The predicted octanol–water partition coefficient (Wildman–Crippen LogP) is 2.35. The Balaban J connectivity index is 2.34. The van der Waals surface area contributed by atoms with Crippen molar-refractivity contribution < 1.29 is 9.84 Å². The van der Waals surface area contributed by atoms with Gasteiger partial charge in [0.1, 0.15) is 0 Å². The minimum Gasteiger partial charge on any atom is -0.390 e. The van der Waals surface area contributed by atoms with Crippen LogP contribution >= 0.6 is 0 Å². The van der Waals surface area contributed by atoms with Gasteiger partial charge in [-0.15, -0.1) is 0 Å². The Morgan fingerprint density at radius 2 is 2.31 bits per heavy atom. The van der Waals surface area contributed by atoms with E-state index >= 15 is 0 Å². The summed E-state index contributed by atoms with van der Waals surface area (Å²) in [5.74, 6) is 0.707. The van der Waals surface area contributed by atoms with Crippen molar-refractivity contribution in [2.45, 2.75) is 58.2 Å². The first kappa shape index (κ1) is 11.0.